The summed E-state index contributed by atoms with van der Waals surface area (Å²) in [6.45, 7) is 0. The van der Waals surface area contributed by atoms with Crippen molar-refractivity contribution in [2.24, 2.45) is 0 Å². The van der Waals surface area contributed by atoms with Crippen LogP contribution in [-0.2, 0) is 0 Å². The van der Waals surface area contributed by atoms with Crippen LogP contribution in [0.25, 0.3) is 22.3 Å². The van der Waals surface area contributed by atoms with Crippen LogP contribution < -0.4 is 5.32 Å². The first-order valence-corrected chi connectivity index (χ1v) is 7.17. The standard InChI is InChI=1S/C17H11F2N5/c18-11-2-4-15(13(19)8-11)24-17-12-7-10(16-20-5-6-21-16)1-3-14(12)22-9-23-17/h1-9H,(H,20,21)(H,22,23,24). The molecule has 5 nitrogen and oxygen atoms in total. The van der Waals surface area contributed by atoms with Gasteiger partial charge in [-0.1, -0.05) is 0 Å². The Morgan fingerprint density at radius 2 is 1.88 bits per heavy atom. The number of halogens is 2. The number of hydrogen-bond acceptors (Lipinski definition) is 4. The van der Waals surface area contributed by atoms with Crippen LogP contribution in [-0.4, -0.2) is 19.9 Å². The summed E-state index contributed by atoms with van der Waals surface area (Å²) in [6, 6.07) is 8.91. The summed E-state index contributed by atoms with van der Waals surface area (Å²) < 4.78 is 26.9. The minimum absolute atomic E-state index is 0.139. The Labute approximate surface area is 135 Å². The minimum atomic E-state index is -0.691. The summed E-state index contributed by atoms with van der Waals surface area (Å²) >= 11 is 0. The molecule has 7 heteroatoms. The average molecular weight is 323 g/mol. The van der Waals surface area contributed by atoms with Gasteiger partial charge in [0, 0.05) is 29.4 Å². The molecule has 4 aromatic rings. The molecule has 2 N–H and O–H groups in total. The van der Waals surface area contributed by atoms with Crippen molar-refractivity contribution in [3.05, 3.63) is 66.8 Å². The zero-order valence-electron chi connectivity index (χ0n) is 12.3. The van der Waals surface area contributed by atoms with Gasteiger partial charge in [0.1, 0.15) is 29.6 Å². The lowest BCUT2D eigenvalue weighted by Gasteiger charge is -2.10. The Morgan fingerprint density at radius 3 is 2.67 bits per heavy atom. The fraction of sp³-hybridized carbons (Fsp3) is 0. The zero-order chi connectivity index (χ0) is 16.5. The fourth-order valence-electron chi connectivity index (χ4n) is 2.45. The molecule has 0 fully saturated rings. The van der Waals surface area contributed by atoms with E-state index in [1.807, 2.05) is 18.2 Å². The normalized spacial score (nSPS) is 10.9. The van der Waals surface area contributed by atoms with Gasteiger partial charge in [-0.3, -0.25) is 0 Å². The van der Waals surface area contributed by atoms with Crippen LogP contribution in [0, 0.1) is 11.6 Å². The molecule has 0 atom stereocenters. The highest BCUT2D eigenvalue weighted by Crippen LogP contribution is 2.28. The predicted octanol–water partition coefficient (Wildman–Crippen LogP) is 4.04. The molecular weight excluding hydrogens is 312 g/mol. The molecule has 0 unspecified atom stereocenters. The molecule has 2 heterocycles. The molecule has 0 spiro atoms. The third-order valence-electron chi connectivity index (χ3n) is 3.59. The number of hydrogen-bond donors (Lipinski definition) is 2. The SMILES string of the molecule is Fc1ccc(Nc2ncnc3ccc(-c4ncc[nH]4)cc23)c(F)c1. The largest absolute Gasteiger partial charge is 0.345 e. The number of H-pyrrole nitrogens is 1. The predicted molar refractivity (Wildman–Crippen MR) is 86.8 cm³/mol. The maximum absolute atomic E-state index is 13.9. The third-order valence-corrected chi connectivity index (χ3v) is 3.59. The van der Waals surface area contributed by atoms with Crippen LogP contribution in [0.5, 0.6) is 0 Å². The van der Waals surface area contributed by atoms with Gasteiger partial charge in [0.05, 0.1) is 11.2 Å². The smallest absolute Gasteiger partial charge is 0.149 e. The molecule has 24 heavy (non-hydrogen) atoms. The van der Waals surface area contributed by atoms with Gasteiger partial charge in [-0.25, -0.2) is 23.7 Å². The van der Waals surface area contributed by atoms with Crippen molar-refractivity contribution in [2.75, 3.05) is 5.32 Å². The van der Waals surface area contributed by atoms with Crippen molar-refractivity contribution >= 4 is 22.4 Å². The molecule has 0 saturated carbocycles. The topological polar surface area (TPSA) is 66.5 Å². The molecule has 4 rings (SSSR count). The van der Waals surface area contributed by atoms with E-state index in [1.54, 1.807) is 12.4 Å². The second-order valence-corrected chi connectivity index (χ2v) is 5.14. The molecule has 0 aliphatic heterocycles. The van der Waals surface area contributed by atoms with Gasteiger partial charge in [0.15, 0.2) is 0 Å². The number of benzene rings is 2. The lowest BCUT2D eigenvalue weighted by molar-refractivity contribution is 0.586. The van der Waals surface area contributed by atoms with Gasteiger partial charge in [-0.2, -0.15) is 0 Å². The quantitative estimate of drug-likeness (QED) is 0.597. The van der Waals surface area contributed by atoms with Crippen LogP contribution in [0.2, 0.25) is 0 Å². The highest BCUT2D eigenvalue weighted by Gasteiger charge is 2.10. The van der Waals surface area contributed by atoms with E-state index in [0.717, 1.165) is 11.6 Å². The van der Waals surface area contributed by atoms with Crippen molar-refractivity contribution in [2.45, 2.75) is 0 Å². The number of nitrogens with one attached hydrogen (secondary N) is 2. The molecular formula is C17H11F2N5. The Kier molecular flexibility index (Phi) is 3.38. The maximum Gasteiger partial charge on any atom is 0.149 e. The number of aromatic amines is 1. The van der Waals surface area contributed by atoms with Crippen LogP contribution in [0.1, 0.15) is 0 Å². The Hall–Kier alpha value is -3.35. The summed E-state index contributed by atoms with van der Waals surface area (Å²) in [5.74, 6) is -0.187. The minimum Gasteiger partial charge on any atom is -0.345 e. The van der Waals surface area contributed by atoms with Gasteiger partial charge in [0.2, 0.25) is 0 Å². The summed E-state index contributed by atoms with van der Waals surface area (Å²) in [6.07, 6.45) is 4.78. The van der Waals surface area contributed by atoms with Gasteiger partial charge < -0.3 is 10.3 Å². The lowest BCUT2D eigenvalue weighted by Crippen LogP contribution is -1.99. The van der Waals surface area contributed by atoms with Crippen molar-refractivity contribution in [3.63, 3.8) is 0 Å². The number of aromatic nitrogens is 4. The number of rotatable bonds is 3. The number of nitrogens with zero attached hydrogens (tertiary/aromatic N) is 3. The first kappa shape index (κ1) is 14.3. The summed E-state index contributed by atoms with van der Waals surface area (Å²) in [5.41, 5.74) is 1.69. The molecule has 0 bridgehead atoms. The van der Waals surface area contributed by atoms with Crippen molar-refractivity contribution in [1.82, 2.24) is 19.9 Å². The van der Waals surface area contributed by atoms with Crippen LogP contribution in [0.3, 0.4) is 0 Å². The number of imidazole rings is 1. The zero-order valence-corrected chi connectivity index (χ0v) is 12.3. The van der Waals surface area contributed by atoms with E-state index in [4.69, 9.17) is 0 Å². The summed E-state index contributed by atoms with van der Waals surface area (Å²) in [4.78, 5) is 15.6. The van der Waals surface area contributed by atoms with Crippen molar-refractivity contribution < 1.29 is 8.78 Å². The van der Waals surface area contributed by atoms with Crippen molar-refractivity contribution in [1.29, 1.82) is 0 Å². The summed E-state index contributed by atoms with van der Waals surface area (Å²) in [7, 11) is 0. The molecule has 0 saturated heterocycles. The van der Waals surface area contributed by atoms with Gasteiger partial charge >= 0.3 is 0 Å². The van der Waals surface area contributed by atoms with E-state index in [-0.39, 0.29) is 5.69 Å². The molecule has 2 aromatic carbocycles. The Morgan fingerprint density at radius 1 is 0.958 bits per heavy atom. The van der Waals surface area contributed by atoms with E-state index in [2.05, 4.69) is 25.3 Å². The van der Waals surface area contributed by atoms with E-state index in [0.29, 0.717) is 22.5 Å². The number of fused-ring (bicyclic) bond motifs is 1. The van der Waals surface area contributed by atoms with Crippen LogP contribution in [0.4, 0.5) is 20.3 Å². The first-order chi connectivity index (χ1) is 11.7. The first-order valence-electron chi connectivity index (χ1n) is 7.17. The third kappa shape index (κ3) is 2.56. The maximum atomic E-state index is 13.9. The second-order valence-electron chi connectivity index (χ2n) is 5.14. The summed E-state index contributed by atoms with van der Waals surface area (Å²) in [5, 5.41) is 3.60. The second kappa shape index (κ2) is 5.69. The Balaban J connectivity index is 1.81. The van der Waals surface area contributed by atoms with Gasteiger partial charge in [-0.05, 0) is 30.3 Å². The molecule has 2 aromatic heterocycles. The highest BCUT2D eigenvalue weighted by molar-refractivity contribution is 5.93. The monoisotopic (exact) mass is 323 g/mol. The molecule has 0 aliphatic carbocycles. The van der Waals surface area contributed by atoms with Crippen molar-refractivity contribution in [3.8, 4) is 11.4 Å². The van der Waals surface area contributed by atoms with Crippen LogP contribution >= 0.6 is 0 Å². The Bertz CT molecular complexity index is 1010. The van der Waals surface area contributed by atoms with E-state index in [1.165, 1.54) is 18.5 Å². The highest BCUT2D eigenvalue weighted by atomic mass is 19.1. The molecule has 118 valence electrons. The average Bonchev–Trinajstić information content (AvgIpc) is 3.12. The van der Waals surface area contributed by atoms with E-state index in [9.17, 15) is 8.78 Å². The number of anilines is 2. The molecule has 0 radical (unpaired) electrons. The van der Waals surface area contributed by atoms with Gasteiger partial charge in [-0.15, -0.1) is 0 Å². The van der Waals surface area contributed by atoms with Gasteiger partial charge in [0.25, 0.3) is 0 Å². The lowest BCUT2D eigenvalue weighted by atomic mass is 10.1. The molecule has 0 amide bonds. The molecule has 0 aliphatic rings. The van der Waals surface area contributed by atoms with Crippen LogP contribution in [0.15, 0.2) is 55.1 Å². The van der Waals surface area contributed by atoms with E-state index >= 15 is 0 Å². The van der Waals surface area contributed by atoms with E-state index < -0.39 is 11.6 Å². The fourth-order valence-corrected chi connectivity index (χ4v) is 2.45.